The van der Waals surface area contributed by atoms with Gasteiger partial charge in [-0.2, -0.15) is 0 Å². The molecule has 2 aromatic carbocycles. The number of carbonyl (C=O) groups excluding carboxylic acids is 1. The van der Waals surface area contributed by atoms with Crippen molar-refractivity contribution in [3.8, 4) is 0 Å². The van der Waals surface area contributed by atoms with Crippen molar-refractivity contribution < 1.29 is 9.21 Å². The van der Waals surface area contributed by atoms with E-state index in [2.05, 4.69) is 15.6 Å². The van der Waals surface area contributed by atoms with Gasteiger partial charge in [0, 0.05) is 30.8 Å². The van der Waals surface area contributed by atoms with E-state index < -0.39 is 0 Å². The van der Waals surface area contributed by atoms with Crippen LogP contribution < -0.4 is 10.6 Å². The van der Waals surface area contributed by atoms with E-state index in [9.17, 15) is 4.79 Å². The van der Waals surface area contributed by atoms with Crippen molar-refractivity contribution in [1.29, 1.82) is 0 Å². The number of aromatic nitrogens is 1. The summed E-state index contributed by atoms with van der Waals surface area (Å²) in [7, 11) is 0. The Morgan fingerprint density at radius 2 is 2.25 bits per heavy atom. The molecule has 2 heterocycles. The first kappa shape index (κ1) is 14.8. The molecule has 0 atom stereocenters. The molecule has 0 spiro atoms. The van der Waals surface area contributed by atoms with Gasteiger partial charge in [-0.25, -0.2) is 4.98 Å². The molecule has 4 rings (SSSR count). The number of fused-ring (bicyclic) bond motifs is 2. The number of carbonyl (C=O) groups is 1. The van der Waals surface area contributed by atoms with Crippen LogP contribution in [-0.2, 0) is 12.8 Å². The molecule has 0 bridgehead atoms. The first-order valence-electron chi connectivity index (χ1n) is 8.21. The Bertz CT molecular complexity index is 914. The van der Waals surface area contributed by atoms with Crippen molar-refractivity contribution in [1.82, 2.24) is 10.3 Å². The van der Waals surface area contributed by atoms with Crippen LogP contribution in [0.1, 0.15) is 27.4 Å². The lowest BCUT2D eigenvalue weighted by Gasteiger charge is -2.06. The molecular formula is C19H19N3O2. The number of benzene rings is 2. The Labute approximate surface area is 140 Å². The second kappa shape index (κ2) is 6.00. The second-order valence-corrected chi connectivity index (χ2v) is 6.08. The second-order valence-electron chi connectivity index (χ2n) is 6.08. The van der Waals surface area contributed by atoms with Crippen molar-refractivity contribution in [2.45, 2.75) is 19.8 Å². The summed E-state index contributed by atoms with van der Waals surface area (Å²) in [5.74, 6) is 0.592. The molecule has 24 heavy (non-hydrogen) atoms. The molecule has 1 aliphatic rings. The zero-order valence-corrected chi connectivity index (χ0v) is 13.6. The quantitative estimate of drug-likeness (QED) is 0.775. The Hall–Kier alpha value is -2.82. The summed E-state index contributed by atoms with van der Waals surface area (Å²) < 4.78 is 5.73. The molecule has 5 heteroatoms. The summed E-state index contributed by atoms with van der Waals surface area (Å²) in [5, 5.41) is 6.23. The van der Waals surface area contributed by atoms with Crippen LogP contribution in [0, 0.1) is 6.92 Å². The first-order valence-corrected chi connectivity index (χ1v) is 8.21. The minimum absolute atomic E-state index is 0.0583. The van der Waals surface area contributed by atoms with E-state index >= 15 is 0 Å². The van der Waals surface area contributed by atoms with Gasteiger partial charge in [-0.1, -0.05) is 12.1 Å². The molecule has 0 fully saturated rings. The van der Waals surface area contributed by atoms with Crippen molar-refractivity contribution >= 4 is 22.7 Å². The molecule has 0 saturated carbocycles. The van der Waals surface area contributed by atoms with Crippen LogP contribution in [0.15, 0.2) is 40.8 Å². The summed E-state index contributed by atoms with van der Waals surface area (Å²) in [6.07, 6.45) is 1.55. The minimum atomic E-state index is -0.0583. The summed E-state index contributed by atoms with van der Waals surface area (Å²) >= 11 is 0. The Kier molecular flexibility index (Phi) is 3.69. The highest BCUT2D eigenvalue weighted by Crippen LogP contribution is 2.23. The molecule has 0 saturated heterocycles. The highest BCUT2D eigenvalue weighted by atomic mass is 16.3. The molecular weight excluding hydrogens is 302 g/mol. The van der Waals surface area contributed by atoms with Crippen molar-refractivity contribution in [2.75, 3.05) is 18.4 Å². The lowest BCUT2D eigenvalue weighted by atomic mass is 10.1. The first-order chi connectivity index (χ1) is 11.7. The Morgan fingerprint density at radius 3 is 3.12 bits per heavy atom. The van der Waals surface area contributed by atoms with Gasteiger partial charge in [0.25, 0.3) is 5.91 Å². The van der Waals surface area contributed by atoms with Gasteiger partial charge in [-0.3, -0.25) is 4.79 Å². The summed E-state index contributed by atoms with van der Waals surface area (Å²) in [4.78, 5) is 16.8. The van der Waals surface area contributed by atoms with Gasteiger partial charge in [-0.15, -0.1) is 0 Å². The molecule has 0 unspecified atom stereocenters. The number of hydrogen-bond acceptors (Lipinski definition) is 4. The molecule has 5 nitrogen and oxygen atoms in total. The van der Waals surface area contributed by atoms with Crippen LogP contribution in [-0.4, -0.2) is 24.0 Å². The monoisotopic (exact) mass is 321 g/mol. The third-order valence-electron chi connectivity index (χ3n) is 4.37. The van der Waals surface area contributed by atoms with Crippen LogP contribution in [0.3, 0.4) is 0 Å². The number of hydrogen-bond donors (Lipinski definition) is 2. The standard InChI is InChI=1S/C19H19N3O2/c1-12-3-2-4-16-18(12)22-17(24-16)8-10-21-19(23)14-5-6-15-13(11-14)7-9-20-15/h2-6,11,20H,7-10H2,1H3,(H,21,23). The van der Waals surface area contributed by atoms with Crippen LogP contribution >= 0.6 is 0 Å². The molecule has 122 valence electrons. The van der Waals surface area contributed by atoms with Gasteiger partial charge in [0.15, 0.2) is 11.5 Å². The zero-order chi connectivity index (χ0) is 16.5. The zero-order valence-electron chi connectivity index (χ0n) is 13.6. The third kappa shape index (κ3) is 2.73. The van der Waals surface area contributed by atoms with Gasteiger partial charge >= 0.3 is 0 Å². The molecule has 0 aliphatic carbocycles. The predicted octanol–water partition coefficient (Wildman–Crippen LogP) is 3.08. The van der Waals surface area contributed by atoms with E-state index in [1.807, 2.05) is 43.3 Å². The average Bonchev–Trinajstić information content (AvgIpc) is 3.20. The maximum Gasteiger partial charge on any atom is 0.251 e. The average molecular weight is 321 g/mol. The number of amides is 1. The number of oxazole rings is 1. The summed E-state index contributed by atoms with van der Waals surface area (Å²) in [6.45, 7) is 3.46. The number of nitrogens with one attached hydrogen (secondary N) is 2. The van der Waals surface area contributed by atoms with Crippen LogP contribution in [0.4, 0.5) is 5.69 Å². The lowest BCUT2D eigenvalue weighted by Crippen LogP contribution is -2.25. The van der Waals surface area contributed by atoms with Crippen molar-refractivity contribution in [2.24, 2.45) is 0 Å². The van der Waals surface area contributed by atoms with Crippen LogP contribution in [0.5, 0.6) is 0 Å². The molecule has 1 aliphatic heterocycles. The molecule has 1 aromatic heterocycles. The fourth-order valence-corrected chi connectivity index (χ4v) is 3.07. The van der Waals surface area contributed by atoms with E-state index in [0.29, 0.717) is 24.4 Å². The van der Waals surface area contributed by atoms with E-state index in [-0.39, 0.29) is 5.91 Å². The van der Waals surface area contributed by atoms with E-state index in [1.165, 1.54) is 5.56 Å². The fourth-order valence-electron chi connectivity index (χ4n) is 3.07. The molecule has 2 N–H and O–H groups in total. The van der Waals surface area contributed by atoms with E-state index in [4.69, 9.17) is 4.42 Å². The number of aryl methyl sites for hydroxylation is 1. The van der Waals surface area contributed by atoms with Crippen LogP contribution in [0.25, 0.3) is 11.1 Å². The van der Waals surface area contributed by atoms with E-state index in [1.54, 1.807) is 0 Å². The largest absolute Gasteiger partial charge is 0.441 e. The summed E-state index contributed by atoms with van der Waals surface area (Å²) in [6, 6.07) is 11.7. The number of anilines is 1. The summed E-state index contributed by atoms with van der Waals surface area (Å²) in [5.41, 5.74) is 5.82. The fraction of sp³-hybridized carbons (Fsp3) is 0.263. The Morgan fingerprint density at radius 1 is 1.33 bits per heavy atom. The Balaban J connectivity index is 1.39. The highest BCUT2D eigenvalue weighted by molar-refractivity contribution is 5.95. The van der Waals surface area contributed by atoms with Crippen molar-refractivity contribution in [3.05, 3.63) is 59.0 Å². The minimum Gasteiger partial charge on any atom is -0.441 e. The SMILES string of the molecule is Cc1cccc2oc(CCNC(=O)c3ccc4c(c3)CCN4)nc12. The lowest BCUT2D eigenvalue weighted by molar-refractivity contribution is 0.0953. The van der Waals surface area contributed by atoms with Crippen molar-refractivity contribution in [3.63, 3.8) is 0 Å². The van der Waals surface area contributed by atoms with Gasteiger partial charge in [0.1, 0.15) is 5.52 Å². The number of rotatable bonds is 4. The maximum atomic E-state index is 12.3. The number of nitrogens with zero attached hydrogens (tertiary/aromatic N) is 1. The number of para-hydroxylation sites is 1. The predicted molar refractivity (Wildman–Crippen MR) is 93.4 cm³/mol. The molecule has 1 amide bonds. The van der Waals surface area contributed by atoms with Gasteiger partial charge in [0.2, 0.25) is 0 Å². The smallest absolute Gasteiger partial charge is 0.251 e. The molecule has 0 radical (unpaired) electrons. The van der Waals surface area contributed by atoms with Gasteiger partial charge < -0.3 is 15.1 Å². The van der Waals surface area contributed by atoms with Gasteiger partial charge in [-0.05, 0) is 48.7 Å². The van der Waals surface area contributed by atoms with Crippen LogP contribution in [0.2, 0.25) is 0 Å². The maximum absolute atomic E-state index is 12.3. The third-order valence-corrected chi connectivity index (χ3v) is 4.37. The van der Waals surface area contributed by atoms with Gasteiger partial charge in [0.05, 0.1) is 0 Å². The topological polar surface area (TPSA) is 67.2 Å². The highest BCUT2D eigenvalue weighted by Gasteiger charge is 2.13. The normalized spacial score (nSPS) is 12.9. The van der Waals surface area contributed by atoms with E-state index in [0.717, 1.165) is 35.3 Å². The molecule has 3 aromatic rings.